The lowest BCUT2D eigenvalue weighted by Crippen LogP contribution is -2.38. The summed E-state index contributed by atoms with van der Waals surface area (Å²) in [5, 5.41) is 0. The van der Waals surface area contributed by atoms with Gasteiger partial charge in [0, 0.05) is 12.1 Å². The molecule has 0 spiro atoms. The first-order valence-corrected chi connectivity index (χ1v) is 7.21. The Morgan fingerprint density at radius 3 is 2.59 bits per heavy atom. The predicted octanol–water partition coefficient (Wildman–Crippen LogP) is 2.70. The van der Waals surface area contributed by atoms with Crippen molar-refractivity contribution >= 4 is 23.1 Å². The number of carbonyl (C=O) groups excluding carboxylic acids is 1. The molecule has 0 N–H and O–H groups in total. The molecule has 2 aromatic rings. The van der Waals surface area contributed by atoms with Crippen molar-refractivity contribution in [2.45, 2.75) is 0 Å². The first-order chi connectivity index (χ1) is 10.7. The molecule has 0 fully saturated rings. The number of para-hydroxylation sites is 2. The van der Waals surface area contributed by atoms with Crippen LogP contribution in [0.25, 0.3) is 0 Å². The topological polar surface area (TPSA) is 35.9 Å². The fourth-order valence-electron chi connectivity index (χ4n) is 2.95. The third-order valence-electron chi connectivity index (χ3n) is 3.99. The number of ketones is 1. The number of fused-ring (bicyclic) bond motifs is 3. The van der Waals surface area contributed by atoms with Crippen molar-refractivity contribution in [2.24, 2.45) is 4.99 Å². The molecule has 0 aromatic heterocycles. The quantitative estimate of drug-likeness (QED) is 0.817. The zero-order valence-electron chi connectivity index (χ0n) is 11.9. The van der Waals surface area contributed by atoms with E-state index in [0.29, 0.717) is 5.56 Å². The van der Waals surface area contributed by atoms with Gasteiger partial charge in [0.2, 0.25) is 5.96 Å². The van der Waals surface area contributed by atoms with E-state index < -0.39 is 0 Å². The minimum atomic E-state index is -0.339. The number of nitrogens with zero attached hydrogens (tertiary/aromatic N) is 3. The van der Waals surface area contributed by atoms with Gasteiger partial charge in [-0.25, -0.2) is 4.39 Å². The Balaban J connectivity index is 1.65. The lowest BCUT2D eigenvalue weighted by molar-refractivity contribution is 0.100. The van der Waals surface area contributed by atoms with Crippen molar-refractivity contribution in [1.29, 1.82) is 0 Å². The fourth-order valence-corrected chi connectivity index (χ4v) is 2.95. The summed E-state index contributed by atoms with van der Waals surface area (Å²) in [5.41, 5.74) is 2.60. The molecule has 22 heavy (non-hydrogen) atoms. The van der Waals surface area contributed by atoms with E-state index in [1.54, 1.807) is 0 Å². The molecule has 0 saturated heterocycles. The zero-order valence-corrected chi connectivity index (χ0v) is 11.9. The summed E-state index contributed by atoms with van der Waals surface area (Å²) in [6.07, 6.45) is 0. The van der Waals surface area contributed by atoms with E-state index in [4.69, 9.17) is 0 Å². The normalized spacial score (nSPS) is 15.6. The molecule has 2 heterocycles. The standard InChI is InChI=1S/C17H14FN3O/c18-13-7-5-12(6-8-13)16(22)11-21-15-4-2-1-3-14(15)20-10-9-19-17(20)21/h1-8H,9-11H2. The lowest BCUT2D eigenvalue weighted by Gasteiger charge is -2.18. The number of rotatable bonds is 3. The molecule has 0 amide bonds. The van der Waals surface area contributed by atoms with Crippen molar-refractivity contribution < 1.29 is 9.18 Å². The SMILES string of the molecule is O=C(CN1C2=NCCN2c2ccccc21)c1ccc(F)cc1. The Morgan fingerprint density at radius 2 is 1.82 bits per heavy atom. The lowest BCUT2D eigenvalue weighted by atomic mass is 10.1. The third kappa shape index (κ3) is 1.97. The van der Waals surface area contributed by atoms with E-state index in [9.17, 15) is 9.18 Å². The number of hydrogen-bond donors (Lipinski definition) is 0. The van der Waals surface area contributed by atoms with Gasteiger partial charge < -0.3 is 9.80 Å². The number of aliphatic imine (C=N–C) groups is 1. The van der Waals surface area contributed by atoms with Crippen molar-refractivity contribution in [3.63, 3.8) is 0 Å². The molecule has 5 heteroatoms. The Hall–Kier alpha value is -2.69. The molecular weight excluding hydrogens is 281 g/mol. The summed E-state index contributed by atoms with van der Waals surface area (Å²) in [5.74, 6) is 0.442. The average Bonchev–Trinajstić information content (AvgIpc) is 3.11. The van der Waals surface area contributed by atoms with E-state index >= 15 is 0 Å². The molecule has 0 bridgehead atoms. The number of anilines is 2. The van der Waals surface area contributed by atoms with Crippen LogP contribution in [-0.4, -0.2) is 31.4 Å². The smallest absolute Gasteiger partial charge is 0.206 e. The van der Waals surface area contributed by atoms with E-state index in [1.807, 2.05) is 29.2 Å². The average molecular weight is 295 g/mol. The van der Waals surface area contributed by atoms with Crippen LogP contribution >= 0.6 is 0 Å². The first-order valence-electron chi connectivity index (χ1n) is 7.21. The van der Waals surface area contributed by atoms with Gasteiger partial charge in [-0.2, -0.15) is 0 Å². The van der Waals surface area contributed by atoms with Crippen LogP contribution in [0.3, 0.4) is 0 Å². The molecule has 110 valence electrons. The maximum absolute atomic E-state index is 13.0. The maximum Gasteiger partial charge on any atom is 0.206 e. The van der Waals surface area contributed by atoms with Gasteiger partial charge in [0.25, 0.3) is 0 Å². The Bertz CT molecular complexity index is 770. The third-order valence-corrected chi connectivity index (χ3v) is 3.99. The van der Waals surface area contributed by atoms with E-state index in [1.165, 1.54) is 24.3 Å². The van der Waals surface area contributed by atoms with Gasteiger partial charge in [0.15, 0.2) is 5.78 Å². The van der Waals surface area contributed by atoms with E-state index in [2.05, 4.69) is 9.89 Å². The van der Waals surface area contributed by atoms with Crippen LogP contribution in [0.1, 0.15) is 10.4 Å². The van der Waals surface area contributed by atoms with Crippen molar-refractivity contribution in [1.82, 2.24) is 0 Å². The maximum atomic E-state index is 13.0. The molecule has 2 aliphatic rings. The van der Waals surface area contributed by atoms with Crippen LogP contribution in [0.2, 0.25) is 0 Å². The minimum Gasteiger partial charge on any atom is -0.308 e. The molecule has 2 aromatic carbocycles. The molecule has 0 aliphatic carbocycles. The van der Waals surface area contributed by atoms with E-state index in [0.717, 1.165) is 30.4 Å². The van der Waals surface area contributed by atoms with Crippen LogP contribution in [0, 0.1) is 5.82 Å². The second-order valence-corrected chi connectivity index (χ2v) is 5.34. The molecule has 4 nitrogen and oxygen atoms in total. The molecular formula is C17H14FN3O. The molecule has 2 aliphatic heterocycles. The zero-order chi connectivity index (χ0) is 15.1. The summed E-state index contributed by atoms with van der Waals surface area (Å²) < 4.78 is 13.0. The number of benzene rings is 2. The molecule has 0 saturated carbocycles. The highest BCUT2D eigenvalue weighted by Gasteiger charge is 2.35. The van der Waals surface area contributed by atoms with Gasteiger partial charge in [-0.3, -0.25) is 9.79 Å². The second kappa shape index (κ2) is 4.94. The van der Waals surface area contributed by atoms with Crippen molar-refractivity contribution in [2.75, 3.05) is 29.4 Å². The van der Waals surface area contributed by atoms with Crippen LogP contribution in [0.15, 0.2) is 53.5 Å². The molecule has 4 rings (SSSR count). The monoisotopic (exact) mass is 295 g/mol. The fraction of sp³-hybridized carbons (Fsp3) is 0.176. The molecule has 0 atom stereocenters. The highest BCUT2D eigenvalue weighted by molar-refractivity contribution is 6.19. The van der Waals surface area contributed by atoms with Gasteiger partial charge in [-0.05, 0) is 36.4 Å². The highest BCUT2D eigenvalue weighted by atomic mass is 19.1. The summed E-state index contributed by atoms with van der Waals surface area (Å²) in [6.45, 7) is 1.79. The van der Waals surface area contributed by atoms with Gasteiger partial charge >= 0.3 is 0 Å². The van der Waals surface area contributed by atoms with Gasteiger partial charge in [-0.15, -0.1) is 0 Å². The summed E-state index contributed by atoms with van der Waals surface area (Å²) in [4.78, 5) is 21.1. The number of Topliss-reactive ketones (excluding diaryl/α,β-unsaturated/α-hetero) is 1. The summed E-state index contributed by atoms with van der Waals surface area (Å²) in [7, 11) is 0. The number of guanidine groups is 1. The Kier molecular flexibility index (Phi) is 2.92. The van der Waals surface area contributed by atoms with Crippen molar-refractivity contribution in [3.8, 4) is 0 Å². The minimum absolute atomic E-state index is 0.0498. The molecule has 0 radical (unpaired) electrons. The number of halogens is 1. The predicted molar refractivity (Wildman–Crippen MR) is 84.2 cm³/mol. The van der Waals surface area contributed by atoms with Crippen molar-refractivity contribution in [3.05, 3.63) is 59.9 Å². The second-order valence-electron chi connectivity index (χ2n) is 5.34. The van der Waals surface area contributed by atoms with E-state index in [-0.39, 0.29) is 18.1 Å². The number of hydrogen-bond acceptors (Lipinski definition) is 4. The summed E-state index contributed by atoms with van der Waals surface area (Å²) in [6, 6.07) is 13.6. The largest absolute Gasteiger partial charge is 0.308 e. The first kappa shape index (κ1) is 13.0. The van der Waals surface area contributed by atoms with Crippen LogP contribution in [0.4, 0.5) is 15.8 Å². The van der Waals surface area contributed by atoms with Crippen LogP contribution in [0.5, 0.6) is 0 Å². The Morgan fingerprint density at radius 1 is 1.09 bits per heavy atom. The Labute approximate surface area is 127 Å². The van der Waals surface area contributed by atoms with Crippen LogP contribution < -0.4 is 9.80 Å². The highest BCUT2D eigenvalue weighted by Crippen LogP contribution is 2.38. The van der Waals surface area contributed by atoms with Crippen LogP contribution in [-0.2, 0) is 0 Å². The van der Waals surface area contributed by atoms with Gasteiger partial charge in [-0.1, -0.05) is 12.1 Å². The summed E-state index contributed by atoms with van der Waals surface area (Å²) >= 11 is 0. The molecule has 0 unspecified atom stereocenters. The van der Waals surface area contributed by atoms with Gasteiger partial charge in [0.1, 0.15) is 5.82 Å². The number of carbonyl (C=O) groups is 1. The van der Waals surface area contributed by atoms with Gasteiger partial charge in [0.05, 0.1) is 24.5 Å².